The Hall–Kier alpha value is -0.610. The number of rotatable bonds is 4. The van der Waals surface area contributed by atoms with Crippen LogP contribution in [-0.2, 0) is 4.79 Å². The predicted molar refractivity (Wildman–Crippen MR) is 66.6 cm³/mol. The van der Waals surface area contributed by atoms with Crippen molar-refractivity contribution in [1.82, 2.24) is 10.6 Å². The van der Waals surface area contributed by atoms with E-state index in [4.69, 9.17) is 0 Å². The molecular formula is C13H24N2O2. The van der Waals surface area contributed by atoms with Gasteiger partial charge in [-0.25, -0.2) is 0 Å². The number of hydrogen-bond donors (Lipinski definition) is 3. The Morgan fingerprint density at radius 3 is 2.59 bits per heavy atom. The molecule has 1 unspecified atom stereocenters. The zero-order valence-electron chi connectivity index (χ0n) is 10.7. The van der Waals surface area contributed by atoms with E-state index in [9.17, 15) is 9.90 Å². The van der Waals surface area contributed by atoms with E-state index in [1.165, 1.54) is 0 Å². The van der Waals surface area contributed by atoms with Gasteiger partial charge in [-0.15, -0.1) is 0 Å². The summed E-state index contributed by atoms with van der Waals surface area (Å²) in [6, 6.07) is 0. The fraction of sp³-hybridized carbons (Fsp3) is 0.923. The summed E-state index contributed by atoms with van der Waals surface area (Å²) in [6.07, 6.45) is 5.61. The first kappa shape index (κ1) is 12.8. The fourth-order valence-corrected chi connectivity index (χ4v) is 2.82. The summed E-state index contributed by atoms with van der Waals surface area (Å²) in [5, 5.41) is 16.3. The molecule has 1 amide bonds. The summed E-state index contributed by atoms with van der Waals surface area (Å²) in [4.78, 5) is 12.3. The summed E-state index contributed by atoms with van der Waals surface area (Å²) in [5.74, 6) is 0.118. The van der Waals surface area contributed by atoms with E-state index in [-0.39, 0.29) is 11.3 Å². The molecule has 0 bridgehead atoms. The lowest BCUT2D eigenvalue weighted by Gasteiger charge is -2.39. The maximum Gasteiger partial charge on any atom is 0.227 e. The van der Waals surface area contributed by atoms with Gasteiger partial charge in [-0.3, -0.25) is 4.79 Å². The zero-order chi connectivity index (χ0) is 12.4. The smallest absolute Gasteiger partial charge is 0.227 e. The van der Waals surface area contributed by atoms with Gasteiger partial charge in [0.1, 0.15) is 0 Å². The first-order valence-corrected chi connectivity index (χ1v) is 6.82. The van der Waals surface area contributed by atoms with Gasteiger partial charge < -0.3 is 15.7 Å². The van der Waals surface area contributed by atoms with Gasteiger partial charge in [0, 0.05) is 13.1 Å². The van der Waals surface area contributed by atoms with E-state index in [1.807, 2.05) is 0 Å². The predicted octanol–water partition coefficient (Wildman–Crippen LogP) is 0.797. The minimum Gasteiger partial charge on any atom is -0.388 e. The van der Waals surface area contributed by atoms with Gasteiger partial charge in [-0.2, -0.15) is 0 Å². The molecule has 2 aliphatic rings. The van der Waals surface area contributed by atoms with E-state index in [2.05, 4.69) is 17.6 Å². The van der Waals surface area contributed by atoms with E-state index < -0.39 is 5.60 Å². The third kappa shape index (κ3) is 2.63. The van der Waals surface area contributed by atoms with Crippen LogP contribution in [0.3, 0.4) is 0 Å². The quantitative estimate of drug-likeness (QED) is 0.681. The van der Waals surface area contributed by atoms with Crippen LogP contribution < -0.4 is 10.6 Å². The molecule has 98 valence electrons. The van der Waals surface area contributed by atoms with Crippen molar-refractivity contribution in [2.45, 2.75) is 51.0 Å². The van der Waals surface area contributed by atoms with Crippen LogP contribution in [0.4, 0.5) is 0 Å². The Morgan fingerprint density at radius 2 is 2.12 bits per heavy atom. The van der Waals surface area contributed by atoms with Gasteiger partial charge in [-0.05, 0) is 45.1 Å². The van der Waals surface area contributed by atoms with E-state index in [0.717, 1.165) is 51.6 Å². The van der Waals surface area contributed by atoms with Gasteiger partial charge in [0.25, 0.3) is 0 Å². The average molecular weight is 240 g/mol. The standard InChI is InChI=1S/C13H24N2O2/c1-2-12(5-4-8-14-9-12)11(16)15-10-13(17)6-3-7-13/h14,17H,2-10H2,1H3,(H,15,16). The summed E-state index contributed by atoms with van der Waals surface area (Å²) < 4.78 is 0. The molecule has 2 fully saturated rings. The Bertz CT molecular complexity index is 281. The van der Waals surface area contributed by atoms with Crippen LogP contribution in [0, 0.1) is 5.41 Å². The number of carbonyl (C=O) groups excluding carboxylic acids is 1. The van der Waals surface area contributed by atoms with Crippen molar-refractivity contribution in [3.8, 4) is 0 Å². The second-order valence-electron chi connectivity index (χ2n) is 5.67. The second kappa shape index (κ2) is 4.94. The molecule has 0 aromatic rings. The number of piperidine rings is 1. The topological polar surface area (TPSA) is 61.4 Å². The molecule has 0 aromatic heterocycles. The molecule has 2 rings (SSSR count). The molecular weight excluding hydrogens is 216 g/mol. The average Bonchev–Trinajstić information content (AvgIpc) is 2.34. The highest BCUT2D eigenvalue weighted by atomic mass is 16.3. The molecule has 1 aliphatic carbocycles. The largest absolute Gasteiger partial charge is 0.388 e. The van der Waals surface area contributed by atoms with Crippen LogP contribution in [0.25, 0.3) is 0 Å². The molecule has 4 nitrogen and oxygen atoms in total. The third-order valence-electron chi connectivity index (χ3n) is 4.49. The van der Waals surface area contributed by atoms with Crippen molar-refractivity contribution in [2.75, 3.05) is 19.6 Å². The maximum atomic E-state index is 12.3. The first-order chi connectivity index (χ1) is 8.10. The minimum atomic E-state index is -0.618. The van der Waals surface area contributed by atoms with E-state index >= 15 is 0 Å². The van der Waals surface area contributed by atoms with Crippen LogP contribution in [0.15, 0.2) is 0 Å². The van der Waals surface area contributed by atoms with Gasteiger partial charge in [0.15, 0.2) is 0 Å². The Kier molecular flexibility index (Phi) is 3.73. The Balaban J connectivity index is 1.88. The molecule has 0 aromatic carbocycles. The molecule has 0 radical (unpaired) electrons. The summed E-state index contributed by atoms with van der Waals surface area (Å²) in [7, 11) is 0. The molecule has 17 heavy (non-hydrogen) atoms. The second-order valence-corrected chi connectivity index (χ2v) is 5.67. The van der Waals surface area contributed by atoms with Gasteiger partial charge in [0.2, 0.25) is 5.91 Å². The van der Waals surface area contributed by atoms with Crippen molar-refractivity contribution in [1.29, 1.82) is 0 Å². The van der Waals surface area contributed by atoms with Crippen LogP contribution in [0.2, 0.25) is 0 Å². The number of hydrogen-bond acceptors (Lipinski definition) is 3. The Labute approximate surface area is 103 Å². The van der Waals surface area contributed by atoms with E-state index in [1.54, 1.807) is 0 Å². The SMILES string of the molecule is CCC1(C(=O)NCC2(O)CCC2)CCCNC1. The summed E-state index contributed by atoms with van der Waals surface area (Å²) in [5.41, 5.74) is -0.870. The number of carbonyl (C=O) groups is 1. The molecule has 1 saturated heterocycles. The number of nitrogens with one attached hydrogen (secondary N) is 2. The van der Waals surface area contributed by atoms with Crippen LogP contribution >= 0.6 is 0 Å². The van der Waals surface area contributed by atoms with Crippen LogP contribution in [0.1, 0.15) is 45.4 Å². The highest BCUT2D eigenvalue weighted by molar-refractivity contribution is 5.83. The molecule has 0 spiro atoms. The lowest BCUT2D eigenvalue weighted by molar-refractivity contribution is -0.134. The van der Waals surface area contributed by atoms with Gasteiger partial charge >= 0.3 is 0 Å². The highest BCUT2D eigenvalue weighted by Crippen LogP contribution is 2.33. The monoisotopic (exact) mass is 240 g/mol. The van der Waals surface area contributed by atoms with Crippen molar-refractivity contribution in [2.24, 2.45) is 5.41 Å². The molecule has 1 saturated carbocycles. The summed E-state index contributed by atoms with van der Waals surface area (Å²) in [6.45, 7) is 4.28. The van der Waals surface area contributed by atoms with Crippen molar-refractivity contribution in [3.05, 3.63) is 0 Å². The normalized spacial score (nSPS) is 31.6. The van der Waals surface area contributed by atoms with Crippen LogP contribution in [0.5, 0.6) is 0 Å². The van der Waals surface area contributed by atoms with Crippen molar-refractivity contribution in [3.63, 3.8) is 0 Å². The van der Waals surface area contributed by atoms with Crippen molar-refractivity contribution >= 4 is 5.91 Å². The summed E-state index contributed by atoms with van der Waals surface area (Å²) >= 11 is 0. The lowest BCUT2D eigenvalue weighted by atomic mass is 9.76. The minimum absolute atomic E-state index is 0.118. The molecule has 1 atom stereocenters. The van der Waals surface area contributed by atoms with Gasteiger partial charge in [0.05, 0.1) is 11.0 Å². The van der Waals surface area contributed by atoms with Crippen molar-refractivity contribution < 1.29 is 9.90 Å². The maximum absolute atomic E-state index is 12.3. The number of amides is 1. The molecule has 1 aliphatic heterocycles. The Morgan fingerprint density at radius 1 is 1.35 bits per heavy atom. The van der Waals surface area contributed by atoms with E-state index in [0.29, 0.717) is 6.54 Å². The van der Waals surface area contributed by atoms with Gasteiger partial charge in [-0.1, -0.05) is 6.92 Å². The zero-order valence-corrected chi connectivity index (χ0v) is 10.7. The highest BCUT2D eigenvalue weighted by Gasteiger charge is 2.40. The lowest BCUT2D eigenvalue weighted by Crippen LogP contribution is -2.54. The number of aliphatic hydroxyl groups is 1. The first-order valence-electron chi connectivity index (χ1n) is 6.82. The molecule has 3 N–H and O–H groups in total. The van der Waals surface area contributed by atoms with Crippen LogP contribution in [-0.4, -0.2) is 36.2 Å². The third-order valence-corrected chi connectivity index (χ3v) is 4.49. The molecule has 4 heteroatoms. The molecule has 1 heterocycles. The fourth-order valence-electron chi connectivity index (χ4n) is 2.82.